The summed E-state index contributed by atoms with van der Waals surface area (Å²) in [4.78, 5) is 11.8. The van der Waals surface area contributed by atoms with Crippen molar-refractivity contribution in [2.45, 2.75) is 18.9 Å². The molecule has 2 rings (SSSR count). The Bertz CT molecular complexity index is 417. The van der Waals surface area contributed by atoms with Gasteiger partial charge in [-0.05, 0) is 31.0 Å². The number of carbonyl (C=O) groups excluding carboxylic acids is 1. The van der Waals surface area contributed by atoms with Crippen molar-refractivity contribution >= 4 is 11.6 Å². The molecule has 1 amide bonds. The van der Waals surface area contributed by atoms with Crippen molar-refractivity contribution in [3.05, 3.63) is 29.6 Å². The van der Waals surface area contributed by atoms with Crippen LogP contribution in [0.15, 0.2) is 18.2 Å². The first kappa shape index (κ1) is 11.9. The second-order valence-electron chi connectivity index (χ2n) is 4.08. The first-order chi connectivity index (χ1) is 8.16. The molecule has 1 aliphatic heterocycles. The Morgan fingerprint density at radius 2 is 2.41 bits per heavy atom. The van der Waals surface area contributed by atoms with Gasteiger partial charge in [0.1, 0.15) is 5.82 Å². The van der Waals surface area contributed by atoms with E-state index in [2.05, 4.69) is 5.32 Å². The number of hydrogen-bond donors (Lipinski definition) is 2. The van der Waals surface area contributed by atoms with Crippen LogP contribution in [0.25, 0.3) is 0 Å². The van der Waals surface area contributed by atoms with Crippen molar-refractivity contribution in [1.29, 1.82) is 0 Å². The van der Waals surface area contributed by atoms with Gasteiger partial charge in [-0.25, -0.2) is 4.39 Å². The van der Waals surface area contributed by atoms with E-state index < -0.39 is 5.82 Å². The summed E-state index contributed by atoms with van der Waals surface area (Å²) in [5.74, 6) is -0.834. The molecule has 1 aliphatic rings. The van der Waals surface area contributed by atoms with E-state index in [9.17, 15) is 9.18 Å². The molecule has 1 fully saturated rings. The monoisotopic (exact) mass is 238 g/mol. The van der Waals surface area contributed by atoms with Crippen LogP contribution in [0.2, 0.25) is 0 Å². The average molecular weight is 238 g/mol. The fraction of sp³-hybridized carbons (Fsp3) is 0.417. The number of benzene rings is 1. The van der Waals surface area contributed by atoms with Gasteiger partial charge in [-0.3, -0.25) is 4.79 Å². The predicted octanol–water partition coefficient (Wildman–Crippen LogP) is 1.32. The van der Waals surface area contributed by atoms with Crippen LogP contribution in [-0.2, 0) is 4.74 Å². The Kier molecular flexibility index (Phi) is 3.58. The fourth-order valence-corrected chi connectivity index (χ4v) is 1.83. The Morgan fingerprint density at radius 3 is 3.12 bits per heavy atom. The van der Waals surface area contributed by atoms with E-state index in [1.54, 1.807) is 0 Å². The molecule has 1 saturated heterocycles. The largest absolute Gasteiger partial charge is 0.398 e. The summed E-state index contributed by atoms with van der Waals surface area (Å²) >= 11 is 0. The Morgan fingerprint density at radius 1 is 1.59 bits per heavy atom. The number of hydrogen-bond acceptors (Lipinski definition) is 3. The highest BCUT2D eigenvalue weighted by Gasteiger charge is 2.17. The van der Waals surface area contributed by atoms with Crippen molar-refractivity contribution in [2.24, 2.45) is 0 Å². The van der Waals surface area contributed by atoms with E-state index in [4.69, 9.17) is 10.5 Å². The van der Waals surface area contributed by atoms with E-state index in [-0.39, 0.29) is 23.3 Å². The van der Waals surface area contributed by atoms with Crippen LogP contribution in [0, 0.1) is 5.82 Å². The first-order valence-corrected chi connectivity index (χ1v) is 5.61. The molecule has 1 aromatic carbocycles. The van der Waals surface area contributed by atoms with Crippen LogP contribution in [0.3, 0.4) is 0 Å². The molecule has 0 aromatic heterocycles. The Hall–Kier alpha value is -1.62. The van der Waals surface area contributed by atoms with E-state index in [0.717, 1.165) is 25.5 Å². The molecule has 0 radical (unpaired) electrons. The molecule has 1 unspecified atom stereocenters. The predicted molar refractivity (Wildman–Crippen MR) is 62.1 cm³/mol. The zero-order valence-corrected chi connectivity index (χ0v) is 9.41. The lowest BCUT2D eigenvalue weighted by atomic mass is 10.1. The van der Waals surface area contributed by atoms with Crippen LogP contribution in [-0.4, -0.2) is 25.2 Å². The maximum Gasteiger partial charge on any atom is 0.253 e. The van der Waals surface area contributed by atoms with Gasteiger partial charge >= 0.3 is 0 Å². The smallest absolute Gasteiger partial charge is 0.253 e. The molecule has 3 N–H and O–H groups in total. The first-order valence-electron chi connectivity index (χ1n) is 5.61. The number of nitrogen functional groups attached to an aromatic ring is 1. The molecule has 0 saturated carbocycles. The van der Waals surface area contributed by atoms with Crippen LogP contribution in [0.5, 0.6) is 0 Å². The quantitative estimate of drug-likeness (QED) is 0.780. The molecule has 0 aliphatic carbocycles. The third-order valence-corrected chi connectivity index (χ3v) is 2.77. The van der Waals surface area contributed by atoms with Gasteiger partial charge in [0.2, 0.25) is 0 Å². The van der Waals surface area contributed by atoms with Crippen molar-refractivity contribution in [2.75, 3.05) is 18.9 Å². The van der Waals surface area contributed by atoms with Gasteiger partial charge in [0.15, 0.2) is 0 Å². The van der Waals surface area contributed by atoms with Gasteiger partial charge in [0, 0.05) is 18.8 Å². The summed E-state index contributed by atoms with van der Waals surface area (Å²) in [6.07, 6.45) is 2.02. The number of nitrogens with two attached hydrogens (primary N) is 1. The molecule has 0 bridgehead atoms. The number of halogens is 1. The Labute approximate surface area is 98.9 Å². The normalized spacial score (nSPS) is 19.2. The maximum absolute atomic E-state index is 13.0. The highest BCUT2D eigenvalue weighted by molar-refractivity contribution is 5.99. The number of amides is 1. The second-order valence-corrected chi connectivity index (χ2v) is 4.08. The number of rotatable bonds is 3. The zero-order chi connectivity index (χ0) is 12.3. The minimum atomic E-state index is -0.471. The van der Waals surface area contributed by atoms with E-state index in [1.165, 1.54) is 12.1 Å². The molecule has 1 heterocycles. The minimum Gasteiger partial charge on any atom is -0.398 e. The van der Waals surface area contributed by atoms with Gasteiger partial charge in [-0.15, -0.1) is 0 Å². The van der Waals surface area contributed by atoms with Gasteiger partial charge < -0.3 is 15.8 Å². The summed E-state index contributed by atoms with van der Waals surface area (Å²) in [5, 5.41) is 2.70. The van der Waals surface area contributed by atoms with Gasteiger partial charge in [-0.1, -0.05) is 0 Å². The highest BCUT2D eigenvalue weighted by Crippen LogP contribution is 2.14. The van der Waals surface area contributed by atoms with Gasteiger partial charge in [0.05, 0.1) is 11.7 Å². The zero-order valence-electron chi connectivity index (χ0n) is 9.41. The van der Waals surface area contributed by atoms with E-state index in [1.807, 2.05) is 0 Å². The minimum absolute atomic E-state index is 0.0636. The highest BCUT2D eigenvalue weighted by atomic mass is 19.1. The second kappa shape index (κ2) is 5.14. The summed E-state index contributed by atoms with van der Waals surface area (Å²) < 4.78 is 18.4. The number of carbonyl (C=O) groups is 1. The average Bonchev–Trinajstić information content (AvgIpc) is 2.82. The fourth-order valence-electron chi connectivity index (χ4n) is 1.83. The SMILES string of the molecule is Nc1ccc(F)cc1C(=O)NCC1CCCO1. The number of nitrogens with one attached hydrogen (secondary N) is 1. The van der Waals surface area contributed by atoms with Crippen molar-refractivity contribution in [3.63, 3.8) is 0 Å². The molecule has 1 atom stereocenters. The van der Waals surface area contributed by atoms with Crippen LogP contribution >= 0.6 is 0 Å². The van der Waals surface area contributed by atoms with Crippen LogP contribution < -0.4 is 11.1 Å². The van der Waals surface area contributed by atoms with E-state index >= 15 is 0 Å². The van der Waals surface area contributed by atoms with Gasteiger partial charge in [-0.2, -0.15) is 0 Å². The molecule has 92 valence electrons. The molecule has 4 nitrogen and oxygen atoms in total. The lowest BCUT2D eigenvalue weighted by Gasteiger charge is -2.11. The molecule has 17 heavy (non-hydrogen) atoms. The third kappa shape index (κ3) is 2.94. The summed E-state index contributed by atoms with van der Waals surface area (Å²) in [7, 11) is 0. The molecule has 1 aromatic rings. The van der Waals surface area contributed by atoms with Crippen LogP contribution in [0.4, 0.5) is 10.1 Å². The van der Waals surface area contributed by atoms with Gasteiger partial charge in [0.25, 0.3) is 5.91 Å². The lowest BCUT2D eigenvalue weighted by Crippen LogP contribution is -2.32. The van der Waals surface area contributed by atoms with Crippen LogP contribution in [0.1, 0.15) is 23.2 Å². The number of ether oxygens (including phenoxy) is 1. The molecule has 0 spiro atoms. The lowest BCUT2D eigenvalue weighted by molar-refractivity contribution is 0.0858. The van der Waals surface area contributed by atoms with Crippen molar-refractivity contribution in [3.8, 4) is 0 Å². The maximum atomic E-state index is 13.0. The molecular formula is C12H15FN2O2. The van der Waals surface area contributed by atoms with E-state index in [0.29, 0.717) is 6.54 Å². The summed E-state index contributed by atoms with van der Waals surface area (Å²) in [6.45, 7) is 1.18. The molecular weight excluding hydrogens is 223 g/mol. The van der Waals surface area contributed by atoms with Crippen molar-refractivity contribution in [1.82, 2.24) is 5.32 Å². The number of anilines is 1. The Balaban J connectivity index is 1.96. The summed E-state index contributed by atoms with van der Waals surface area (Å²) in [5.41, 5.74) is 6.06. The van der Waals surface area contributed by atoms with Crippen molar-refractivity contribution < 1.29 is 13.9 Å². The topological polar surface area (TPSA) is 64.4 Å². The standard InChI is InChI=1S/C12H15FN2O2/c13-8-3-4-11(14)10(6-8)12(16)15-7-9-2-1-5-17-9/h3-4,6,9H,1-2,5,7,14H2,(H,15,16). The summed E-state index contributed by atoms with van der Waals surface area (Å²) in [6, 6.07) is 3.75. The third-order valence-electron chi connectivity index (χ3n) is 2.77. The molecule has 5 heteroatoms.